The molecule has 0 aliphatic heterocycles. The first kappa shape index (κ1) is 13.5. The lowest BCUT2D eigenvalue weighted by Crippen LogP contribution is -2.33. The third-order valence-corrected chi connectivity index (χ3v) is 2.53. The first-order valence-corrected chi connectivity index (χ1v) is 5.62. The van der Waals surface area contributed by atoms with E-state index in [9.17, 15) is 4.79 Å². The number of hydrogen-bond donors (Lipinski definition) is 1. The highest BCUT2D eigenvalue weighted by molar-refractivity contribution is 5.96. The largest absolute Gasteiger partial charge is 0.378 e. The molecule has 0 aliphatic carbocycles. The number of aryl methyl sites for hydroxylation is 1. The molecular formula is C13H21N3O. The van der Waals surface area contributed by atoms with Crippen molar-refractivity contribution >= 4 is 11.6 Å². The fourth-order valence-electron chi connectivity index (χ4n) is 1.51. The summed E-state index contributed by atoms with van der Waals surface area (Å²) in [4.78, 5) is 15.8. The molecule has 0 atom stereocenters. The molecule has 0 spiro atoms. The summed E-state index contributed by atoms with van der Waals surface area (Å²) in [5.74, 6) is -0.0264. The summed E-state index contributed by atoms with van der Waals surface area (Å²) < 4.78 is 0. The number of benzene rings is 1. The number of nitrogens with one attached hydrogen (secondary N) is 1. The molecule has 0 saturated carbocycles. The van der Waals surface area contributed by atoms with Crippen LogP contribution in [0.5, 0.6) is 0 Å². The maximum atomic E-state index is 11.9. The van der Waals surface area contributed by atoms with Crippen LogP contribution in [0.2, 0.25) is 0 Å². The second-order valence-electron chi connectivity index (χ2n) is 4.64. The maximum Gasteiger partial charge on any atom is 0.252 e. The van der Waals surface area contributed by atoms with Gasteiger partial charge in [-0.05, 0) is 44.8 Å². The molecule has 94 valence electrons. The van der Waals surface area contributed by atoms with E-state index in [0.717, 1.165) is 16.8 Å². The van der Waals surface area contributed by atoms with Gasteiger partial charge < -0.3 is 10.2 Å². The summed E-state index contributed by atoms with van der Waals surface area (Å²) in [6.07, 6.45) is 0. The molecule has 1 amide bonds. The van der Waals surface area contributed by atoms with Crippen LogP contribution in [0.1, 0.15) is 15.9 Å². The van der Waals surface area contributed by atoms with E-state index >= 15 is 0 Å². The number of anilines is 1. The number of carbonyl (C=O) groups excluding carboxylic acids is 1. The zero-order valence-corrected chi connectivity index (χ0v) is 11.2. The average Bonchev–Trinajstić information content (AvgIpc) is 2.25. The lowest BCUT2D eigenvalue weighted by molar-refractivity contribution is 0.0935. The van der Waals surface area contributed by atoms with Crippen LogP contribution in [-0.4, -0.2) is 45.7 Å². The summed E-state index contributed by atoms with van der Waals surface area (Å²) in [6, 6.07) is 5.85. The maximum absolute atomic E-state index is 11.9. The zero-order valence-electron chi connectivity index (χ0n) is 11.2. The molecule has 0 aliphatic rings. The van der Waals surface area contributed by atoms with Crippen LogP contribution in [0.3, 0.4) is 0 Å². The first-order chi connectivity index (χ1) is 7.91. The summed E-state index contributed by atoms with van der Waals surface area (Å²) in [6.45, 7) is 2.51. The van der Waals surface area contributed by atoms with Crippen molar-refractivity contribution in [1.29, 1.82) is 0 Å². The number of amides is 1. The Morgan fingerprint density at radius 3 is 2.35 bits per heavy atom. The summed E-state index contributed by atoms with van der Waals surface area (Å²) in [5.41, 5.74) is 2.83. The Morgan fingerprint density at radius 2 is 1.88 bits per heavy atom. The van der Waals surface area contributed by atoms with Crippen LogP contribution < -0.4 is 10.2 Å². The van der Waals surface area contributed by atoms with Crippen molar-refractivity contribution in [2.75, 3.05) is 39.8 Å². The third-order valence-electron chi connectivity index (χ3n) is 2.53. The summed E-state index contributed by atoms with van der Waals surface area (Å²) in [7, 11) is 7.81. The van der Waals surface area contributed by atoms with Crippen LogP contribution in [0.4, 0.5) is 5.69 Å². The lowest BCUT2D eigenvalue weighted by Gasteiger charge is -2.16. The van der Waals surface area contributed by atoms with Gasteiger partial charge in [-0.25, -0.2) is 0 Å². The molecule has 1 N–H and O–H groups in total. The van der Waals surface area contributed by atoms with Gasteiger partial charge >= 0.3 is 0 Å². The Labute approximate surface area is 103 Å². The predicted molar refractivity (Wildman–Crippen MR) is 71.5 cm³/mol. The topological polar surface area (TPSA) is 35.6 Å². The molecule has 1 rings (SSSR count). The van der Waals surface area contributed by atoms with Gasteiger partial charge in [-0.2, -0.15) is 0 Å². The van der Waals surface area contributed by atoms with Gasteiger partial charge in [-0.15, -0.1) is 0 Å². The number of rotatable bonds is 4. The predicted octanol–water partition coefficient (Wildman–Crippen LogP) is 1.31. The Morgan fingerprint density at radius 1 is 1.24 bits per heavy atom. The highest BCUT2D eigenvalue weighted by Crippen LogP contribution is 2.17. The zero-order chi connectivity index (χ0) is 13.0. The molecule has 1 aromatic rings. The number of hydrogen-bond acceptors (Lipinski definition) is 3. The Kier molecular flexibility index (Phi) is 4.52. The standard InChI is InChI=1S/C13H21N3O/c1-10-8-11(16(4)5)6-7-12(10)13(17)14-9-15(2)3/h6-8H,9H2,1-5H3,(H,14,17). The lowest BCUT2D eigenvalue weighted by atomic mass is 10.1. The molecule has 0 unspecified atom stereocenters. The van der Waals surface area contributed by atoms with Gasteiger partial charge in [0.2, 0.25) is 0 Å². The van der Waals surface area contributed by atoms with Crippen LogP contribution in [0, 0.1) is 6.92 Å². The molecule has 4 heteroatoms. The first-order valence-electron chi connectivity index (χ1n) is 5.62. The SMILES string of the molecule is Cc1cc(N(C)C)ccc1C(=O)NCN(C)C. The van der Waals surface area contributed by atoms with Gasteiger partial charge in [-0.3, -0.25) is 9.69 Å². The molecule has 17 heavy (non-hydrogen) atoms. The summed E-state index contributed by atoms with van der Waals surface area (Å²) >= 11 is 0. The Hall–Kier alpha value is -1.55. The number of nitrogens with zero attached hydrogens (tertiary/aromatic N) is 2. The van der Waals surface area contributed by atoms with Crippen molar-refractivity contribution in [2.24, 2.45) is 0 Å². The minimum Gasteiger partial charge on any atom is -0.378 e. The van der Waals surface area contributed by atoms with Crippen molar-refractivity contribution < 1.29 is 4.79 Å². The minimum atomic E-state index is -0.0264. The molecule has 0 aromatic heterocycles. The van der Waals surface area contributed by atoms with Crippen LogP contribution in [-0.2, 0) is 0 Å². The van der Waals surface area contributed by atoms with Crippen molar-refractivity contribution in [3.8, 4) is 0 Å². The van der Waals surface area contributed by atoms with Gasteiger partial charge in [0.05, 0.1) is 6.67 Å². The highest BCUT2D eigenvalue weighted by Gasteiger charge is 2.09. The van der Waals surface area contributed by atoms with Gasteiger partial charge in [0.1, 0.15) is 0 Å². The number of carbonyl (C=O) groups is 1. The van der Waals surface area contributed by atoms with Crippen molar-refractivity contribution in [2.45, 2.75) is 6.92 Å². The highest BCUT2D eigenvalue weighted by atomic mass is 16.1. The molecule has 0 radical (unpaired) electrons. The van der Waals surface area contributed by atoms with Gasteiger partial charge in [0.25, 0.3) is 5.91 Å². The smallest absolute Gasteiger partial charge is 0.252 e. The van der Waals surface area contributed by atoms with Crippen LogP contribution in [0.25, 0.3) is 0 Å². The Bertz CT molecular complexity index is 400. The molecule has 0 fully saturated rings. The van der Waals surface area contributed by atoms with Gasteiger partial charge in [0.15, 0.2) is 0 Å². The third kappa shape index (κ3) is 3.75. The summed E-state index contributed by atoms with van der Waals surface area (Å²) in [5, 5.41) is 2.86. The van der Waals surface area contributed by atoms with E-state index in [4.69, 9.17) is 0 Å². The van der Waals surface area contributed by atoms with E-state index in [1.807, 2.05) is 63.1 Å². The van der Waals surface area contributed by atoms with Crippen LogP contribution in [0.15, 0.2) is 18.2 Å². The molecule has 0 saturated heterocycles. The molecule has 0 bridgehead atoms. The monoisotopic (exact) mass is 235 g/mol. The van der Waals surface area contributed by atoms with Crippen LogP contribution >= 0.6 is 0 Å². The second kappa shape index (κ2) is 5.68. The van der Waals surface area contributed by atoms with E-state index in [0.29, 0.717) is 6.67 Å². The van der Waals surface area contributed by atoms with Crippen molar-refractivity contribution in [3.05, 3.63) is 29.3 Å². The molecule has 4 nitrogen and oxygen atoms in total. The fourth-order valence-corrected chi connectivity index (χ4v) is 1.51. The fraction of sp³-hybridized carbons (Fsp3) is 0.462. The van der Waals surface area contributed by atoms with Gasteiger partial charge in [0, 0.05) is 25.3 Å². The van der Waals surface area contributed by atoms with E-state index in [-0.39, 0.29) is 5.91 Å². The van der Waals surface area contributed by atoms with Crippen molar-refractivity contribution in [1.82, 2.24) is 10.2 Å². The quantitative estimate of drug-likeness (QED) is 0.799. The minimum absolute atomic E-state index is 0.0264. The van der Waals surface area contributed by atoms with E-state index < -0.39 is 0 Å². The van der Waals surface area contributed by atoms with E-state index in [1.165, 1.54) is 0 Å². The average molecular weight is 235 g/mol. The van der Waals surface area contributed by atoms with Gasteiger partial charge in [-0.1, -0.05) is 0 Å². The molecule has 0 heterocycles. The normalized spacial score (nSPS) is 10.5. The van der Waals surface area contributed by atoms with E-state index in [1.54, 1.807) is 0 Å². The second-order valence-corrected chi connectivity index (χ2v) is 4.64. The molecule has 1 aromatic carbocycles. The Balaban J connectivity index is 2.81. The van der Waals surface area contributed by atoms with Crippen molar-refractivity contribution in [3.63, 3.8) is 0 Å². The molecular weight excluding hydrogens is 214 g/mol. The van der Waals surface area contributed by atoms with E-state index in [2.05, 4.69) is 5.32 Å².